The summed E-state index contributed by atoms with van der Waals surface area (Å²) in [7, 11) is 3.37. The van der Waals surface area contributed by atoms with Crippen LogP contribution in [0.5, 0.6) is 23.0 Å². The van der Waals surface area contributed by atoms with Crippen molar-refractivity contribution < 1.29 is 23.4 Å². The van der Waals surface area contributed by atoms with Crippen LogP contribution in [0.1, 0.15) is 37.9 Å². The van der Waals surface area contributed by atoms with Crippen molar-refractivity contribution in [3.8, 4) is 23.0 Å². The highest BCUT2D eigenvalue weighted by Gasteiger charge is 2.45. The summed E-state index contributed by atoms with van der Waals surface area (Å²) in [6, 6.07) is 9.05. The molecule has 1 fully saturated rings. The molecule has 0 unspecified atom stereocenters. The Hall–Kier alpha value is -2.93. The second-order valence-corrected chi connectivity index (χ2v) is 11.5. The molecule has 1 aliphatic rings. The molecular formula is C25H33NO5Si. The van der Waals surface area contributed by atoms with E-state index in [0.29, 0.717) is 22.8 Å². The van der Waals surface area contributed by atoms with E-state index < -0.39 is 9.04 Å². The number of hydrogen-bond donors (Lipinski definition) is 0. The van der Waals surface area contributed by atoms with E-state index in [0.717, 1.165) is 22.6 Å². The third-order valence-corrected chi connectivity index (χ3v) is 6.20. The maximum Gasteiger partial charge on any atom is 0.256 e. The molecule has 6 nitrogen and oxygen atoms in total. The summed E-state index contributed by atoms with van der Waals surface area (Å²) in [6.45, 7) is 14.7. The van der Waals surface area contributed by atoms with E-state index in [2.05, 4.69) is 40.4 Å². The third kappa shape index (κ3) is 4.09. The van der Waals surface area contributed by atoms with Gasteiger partial charge in [0.2, 0.25) is 9.04 Å². The molecule has 3 rings (SSSR count). The van der Waals surface area contributed by atoms with Gasteiger partial charge in [-0.05, 0) is 42.8 Å². The molecule has 7 heteroatoms. The summed E-state index contributed by atoms with van der Waals surface area (Å²) >= 11 is 0. The Labute approximate surface area is 192 Å². The fraction of sp³-hybridized carbons (Fsp3) is 0.400. The van der Waals surface area contributed by atoms with Crippen LogP contribution in [0.3, 0.4) is 0 Å². The normalized spacial score (nSPS) is 16.2. The largest absolute Gasteiger partial charge is 0.546 e. The molecule has 1 aliphatic heterocycles. The van der Waals surface area contributed by atoms with Crippen LogP contribution in [0.4, 0.5) is 5.69 Å². The van der Waals surface area contributed by atoms with Gasteiger partial charge in [0.25, 0.3) is 5.91 Å². The van der Waals surface area contributed by atoms with Crippen molar-refractivity contribution >= 4 is 20.6 Å². The molecule has 1 amide bonds. The number of hydrogen-bond acceptors (Lipinski definition) is 5. The Bertz CT molecular complexity index is 1040. The highest BCUT2D eigenvalue weighted by Crippen LogP contribution is 2.51. The minimum atomic E-state index is -1.46. The summed E-state index contributed by atoms with van der Waals surface area (Å²) in [5, 5.41) is 0. The smallest absolute Gasteiger partial charge is 0.256 e. The first-order valence-electron chi connectivity index (χ1n) is 10.7. The second kappa shape index (κ2) is 8.90. The molecule has 0 bridgehead atoms. The van der Waals surface area contributed by atoms with Crippen LogP contribution in [-0.2, 0) is 10.2 Å². The molecule has 1 atom stereocenters. The highest BCUT2D eigenvalue weighted by atomic mass is 28.3. The molecule has 0 radical (unpaired) electrons. The van der Waals surface area contributed by atoms with Crippen molar-refractivity contribution in [3.05, 3.63) is 53.6 Å². The van der Waals surface area contributed by atoms with Crippen molar-refractivity contribution in [1.29, 1.82) is 0 Å². The van der Waals surface area contributed by atoms with Gasteiger partial charge >= 0.3 is 0 Å². The summed E-state index contributed by atoms with van der Waals surface area (Å²) in [5.41, 5.74) is 2.93. The predicted octanol–water partition coefficient (Wildman–Crippen LogP) is 5.02. The molecule has 172 valence electrons. The molecule has 2 aromatic rings. The van der Waals surface area contributed by atoms with Crippen molar-refractivity contribution in [2.75, 3.05) is 26.2 Å². The molecule has 0 N–H and O–H groups in total. The lowest BCUT2D eigenvalue weighted by Crippen LogP contribution is -2.49. The average Bonchev–Trinajstić information content (AvgIpc) is 2.75. The zero-order valence-corrected chi connectivity index (χ0v) is 21.4. The summed E-state index contributed by atoms with van der Waals surface area (Å²) in [5.74, 6) is 2.62. The molecule has 0 aliphatic carbocycles. The van der Waals surface area contributed by atoms with Gasteiger partial charge in [-0.3, -0.25) is 9.69 Å². The zero-order valence-electron chi connectivity index (χ0n) is 20.2. The maximum absolute atomic E-state index is 12.9. The van der Waals surface area contributed by atoms with Gasteiger partial charge in [-0.25, -0.2) is 0 Å². The number of benzene rings is 2. The fourth-order valence-electron chi connectivity index (χ4n) is 4.09. The molecule has 0 spiro atoms. The Morgan fingerprint density at radius 1 is 0.938 bits per heavy atom. The molecule has 32 heavy (non-hydrogen) atoms. The van der Waals surface area contributed by atoms with E-state index in [4.69, 9.17) is 18.6 Å². The molecule has 0 aromatic heterocycles. The monoisotopic (exact) mass is 455 g/mol. The van der Waals surface area contributed by atoms with Crippen LogP contribution in [0.25, 0.3) is 0 Å². The minimum Gasteiger partial charge on any atom is -0.546 e. The third-order valence-electron chi connectivity index (χ3n) is 5.50. The van der Waals surface area contributed by atoms with Gasteiger partial charge in [0.15, 0.2) is 11.5 Å². The number of carbonyl (C=O) groups is 1. The van der Waals surface area contributed by atoms with Gasteiger partial charge in [0.1, 0.15) is 11.5 Å². The summed E-state index contributed by atoms with van der Waals surface area (Å²) < 4.78 is 23.0. The van der Waals surface area contributed by atoms with E-state index >= 15 is 0 Å². The van der Waals surface area contributed by atoms with E-state index in [1.165, 1.54) is 0 Å². The van der Waals surface area contributed by atoms with E-state index in [-0.39, 0.29) is 17.4 Å². The van der Waals surface area contributed by atoms with Crippen molar-refractivity contribution in [2.24, 2.45) is 0 Å². The number of amides is 1. The lowest BCUT2D eigenvalue weighted by atomic mass is 9.80. The topological polar surface area (TPSA) is 57.2 Å². The second-order valence-electron chi connectivity index (χ2n) is 9.12. The fourth-order valence-corrected chi connectivity index (χ4v) is 4.81. The first-order chi connectivity index (χ1) is 15.0. The van der Waals surface area contributed by atoms with E-state index in [1.807, 2.05) is 24.3 Å². The number of β-lactam (4-membered cyclic amide) rings is 1. The van der Waals surface area contributed by atoms with Crippen molar-refractivity contribution in [1.82, 2.24) is 0 Å². The number of anilines is 1. The number of rotatable bonds is 7. The molecule has 1 saturated heterocycles. The Kier molecular flexibility index (Phi) is 6.60. The molecule has 1 heterocycles. The highest BCUT2D eigenvalue weighted by molar-refractivity contribution is 6.49. The van der Waals surface area contributed by atoms with Crippen molar-refractivity contribution in [2.45, 2.75) is 45.3 Å². The molecule has 2 aromatic carbocycles. The van der Waals surface area contributed by atoms with Crippen molar-refractivity contribution in [3.63, 3.8) is 0 Å². The quantitative estimate of drug-likeness (QED) is 0.333. The van der Waals surface area contributed by atoms with Gasteiger partial charge in [-0.1, -0.05) is 27.4 Å². The number of methoxy groups -OCH3 is 3. The van der Waals surface area contributed by atoms with Crippen LogP contribution in [-0.4, -0.2) is 36.3 Å². The van der Waals surface area contributed by atoms with Gasteiger partial charge in [-0.2, -0.15) is 0 Å². The lowest BCUT2D eigenvalue weighted by molar-refractivity contribution is -0.119. The van der Waals surface area contributed by atoms with Crippen LogP contribution in [0, 0.1) is 0 Å². The zero-order chi connectivity index (χ0) is 23.8. The van der Waals surface area contributed by atoms with Crippen LogP contribution in [0.15, 0.2) is 42.5 Å². The van der Waals surface area contributed by atoms with Crippen LogP contribution < -0.4 is 23.5 Å². The number of ether oxygens (including phenoxy) is 3. The van der Waals surface area contributed by atoms with Gasteiger partial charge < -0.3 is 18.6 Å². The van der Waals surface area contributed by atoms with E-state index in [9.17, 15) is 4.79 Å². The number of carbonyl (C=O) groups excluding carboxylic acids is 1. The number of nitrogens with zero attached hydrogens (tertiary/aromatic N) is 1. The molecular weight excluding hydrogens is 422 g/mol. The van der Waals surface area contributed by atoms with E-state index in [1.54, 1.807) is 32.3 Å². The molecule has 0 saturated carbocycles. The first kappa shape index (κ1) is 23.7. The van der Waals surface area contributed by atoms with Gasteiger partial charge in [0, 0.05) is 28.5 Å². The SMILES string of the molecule is C=C1C(=O)N(c2ccc(OC)c(OC)c2)[C@H]1c1ccc(OC)c(C(C)(C)C)c1O[SiH](C)C. The Morgan fingerprint density at radius 2 is 1.53 bits per heavy atom. The first-order valence-corrected chi connectivity index (χ1v) is 13.5. The van der Waals surface area contributed by atoms with Crippen LogP contribution in [0.2, 0.25) is 13.1 Å². The van der Waals surface area contributed by atoms with Gasteiger partial charge in [0.05, 0.1) is 27.4 Å². The Morgan fingerprint density at radius 3 is 2.06 bits per heavy atom. The Balaban J connectivity index is 2.19. The summed E-state index contributed by atoms with van der Waals surface area (Å²) in [4.78, 5) is 14.7. The standard InChI is InChI=1S/C25H33NO5Si/c1-15-22(26(24(15)27)16-10-12-18(28-5)20(14-16)30-7)17-11-13-19(29-6)21(25(2,3)4)23(17)31-32(8)9/h10-14,22,32H,1H2,2-9H3/t22-/m1/s1. The lowest BCUT2D eigenvalue weighted by Gasteiger charge is -2.44. The maximum atomic E-state index is 12.9. The predicted molar refractivity (Wildman–Crippen MR) is 130 cm³/mol. The summed E-state index contributed by atoms with van der Waals surface area (Å²) in [6.07, 6.45) is 0. The van der Waals surface area contributed by atoms with Crippen LogP contribution >= 0.6 is 0 Å². The average molecular weight is 456 g/mol. The van der Waals surface area contributed by atoms with Gasteiger partial charge in [-0.15, -0.1) is 0 Å². The minimum absolute atomic E-state index is 0.122.